The van der Waals surface area contributed by atoms with Gasteiger partial charge in [0.25, 0.3) is 0 Å². The number of aromatic carboxylic acids is 1. The standard InChI is InChI=1S/C14H19NO4/c1-9-5-6-10(7-11(9)13(17)18)15-12(16)8-19-14(2,3)4/h5-7H,8H2,1-4H3,(H,15,16)(H,17,18). The van der Waals surface area contributed by atoms with Gasteiger partial charge in [-0.3, -0.25) is 4.79 Å². The first-order valence-corrected chi connectivity index (χ1v) is 5.97. The molecule has 0 aliphatic rings. The molecule has 0 atom stereocenters. The molecule has 0 saturated heterocycles. The highest BCUT2D eigenvalue weighted by Crippen LogP contribution is 2.15. The smallest absolute Gasteiger partial charge is 0.336 e. The van der Waals surface area contributed by atoms with Gasteiger partial charge in [0.1, 0.15) is 6.61 Å². The molecule has 0 heterocycles. The molecule has 2 N–H and O–H groups in total. The van der Waals surface area contributed by atoms with E-state index in [2.05, 4.69) is 5.32 Å². The first kappa shape index (κ1) is 15.2. The van der Waals surface area contributed by atoms with E-state index in [-0.39, 0.29) is 18.1 Å². The Labute approximate surface area is 112 Å². The number of carboxylic acids is 1. The molecule has 0 unspecified atom stereocenters. The van der Waals surface area contributed by atoms with Gasteiger partial charge in [-0.15, -0.1) is 0 Å². The summed E-state index contributed by atoms with van der Waals surface area (Å²) < 4.78 is 5.34. The number of hydrogen-bond donors (Lipinski definition) is 2. The molecule has 0 aliphatic heterocycles. The molecule has 0 fully saturated rings. The van der Waals surface area contributed by atoms with Crippen molar-refractivity contribution in [2.75, 3.05) is 11.9 Å². The fourth-order valence-corrected chi connectivity index (χ4v) is 1.41. The van der Waals surface area contributed by atoms with Crippen LogP contribution in [-0.4, -0.2) is 29.2 Å². The summed E-state index contributed by atoms with van der Waals surface area (Å²) in [5, 5.41) is 11.6. The highest BCUT2D eigenvalue weighted by Gasteiger charge is 2.14. The Morgan fingerprint density at radius 1 is 1.32 bits per heavy atom. The summed E-state index contributed by atoms with van der Waals surface area (Å²) in [7, 11) is 0. The molecule has 5 nitrogen and oxygen atoms in total. The third-order valence-electron chi connectivity index (χ3n) is 2.39. The summed E-state index contributed by atoms with van der Waals surface area (Å²) >= 11 is 0. The van der Waals surface area contributed by atoms with Crippen LogP contribution in [0.5, 0.6) is 0 Å². The minimum Gasteiger partial charge on any atom is -0.478 e. The minimum atomic E-state index is -1.01. The molecular formula is C14H19NO4. The van der Waals surface area contributed by atoms with Crippen LogP contribution >= 0.6 is 0 Å². The van der Waals surface area contributed by atoms with Gasteiger partial charge < -0.3 is 15.2 Å². The van der Waals surface area contributed by atoms with Crippen molar-refractivity contribution < 1.29 is 19.4 Å². The minimum absolute atomic E-state index is 0.0697. The van der Waals surface area contributed by atoms with Crippen molar-refractivity contribution >= 4 is 17.6 Å². The lowest BCUT2D eigenvalue weighted by molar-refractivity contribution is -0.125. The van der Waals surface area contributed by atoms with E-state index in [0.29, 0.717) is 11.3 Å². The van der Waals surface area contributed by atoms with Gasteiger partial charge in [0.2, 0.25) is 5.91 Å². The van der Waals surface area contributed by atoms with Crippen LogP contribution in [0, 0.1) is 6.92 Å². The molecule has 0 radical (unpaired) electrons. The Hall–Kier alpha value is -1.88. The molecule has 104 valence electrons. The number of nitrogens with one attached hydrogen (secondary N) is 1. The normalized spacial score (nSPS) is 11.2. The molecule has 1 rings (SSSR count). The lowest BCUT2D eigenvalue weighted by Crippen LogP contribution is -2.27. The van der Waals surface area contributed by atoms with Gasteiger partial charge in [0.05, 0.1) is 11.2 Å². The molecule has 0 aliphatic carbocycles. The quantitative estimate of drug-likeness (QED) is 0.876. The predicted molar refractivity (Wildman–Crippen MR) is 72.5 cm³/mol. The largest absolute Gasteiger partial charge is 0.478 e. The SMILES string of the molecule is Cc1ccc(NC(=O)COC(C)(C)C)cc1C(=O)O. The van der Waals surface area contributed by atoms with E-state index in [1.54, 1.807) is 19.1 Å². The zero-order chi connectivity index (χ0) is 14.6. The second-order valence-electron chi connectivity index (χ2n) is 5.28. The fourth-order valence-electron chi connectivity index (χ4n) is 1.41. The van der Waals surface area contributed by atoms with E-state index in [9.17, 15) is 9.59 Å². The Balaban J connectivity index is 2.70. The van der Waals surface area contributed by atoms with Crippen LogP contribution in [0.15, 0.2) is 18.2 Å². The van der Waals surface area contributed by atoms with Crippen LogP contribution in [0.1, 0.15) is 36.7 Å². The summed E-state index contributed by atoms with van der Waals surface area (Å²) in [6, 6.07) is 4.76. The average molecular weight is 265 g/mol. The number of benzene rings is 1. The number of aryl methyl sites for hydroxylation is 1. The van der Waals surface area contributed by atoms with Crippen molar-refractivity contribution in [3.05, 3.63) is 29.3 Å². The monoisotopic (exact) mass is 265 g/mol. The molecule has 0 saturated carbocycles. The number of carbonyl (C=O) groups is 2. The first-order valence-electron chi connectivity index (χ1n) is 5.97. The first-order chi connectivity index (χ1) is 8.69. The third kappa shape index (κ3) is 5.09. The molecule has 19 heavy (non-hydrogen) atoms. The zero-order valence-corrected chi connectivity index (χ0v) is 11.6. The molecule has 1 amide bonds. The summed E-state index contributed by atoms with van der Waals surface area (Å²) in [5.41, 5.74) is 0.883. The number of ether oxygens (including phenoxy) is 1. The topological polar surface area (TPSA) is 75.6 Å². The summed E-state index contributed by atoms with van der Waals surface area (Å²) in [5.74, 6) is -1.32. The van der Waals surface area contributed by atoms with Crippen molar-refractivity contribution in [1.82, 2.24) is 0 Å². The van der Waals surface area contributed by atoms with Gasteiger partial charge in [0.15, 0.2) is 0 Å². The molecule has 5 heteroatoms. The van der Waals surface area contributed by atoms with Crippen LogP contribution < -0.4 is 5.32 Å². The fraction of sp³-hybridized carbons (Fsp3) is 0.429. The predicted octanol–water partition coefficient (Wildman–Crippen LogP) is 2.45. The van der Waals surface area contributed by atoms with Crippen molar-refractivity contribution in [2.24, 2.45) is 0 Å². The van der Waals surface area contributed by atoms with E-state index in [1.165, 1.54) is 6.07 Å². The van der Waals surface area contributed by atoms with Crippen LogP contribution in [0.3, 0.4) is 0 Å². The molecule has 1 aromatic rings. The highest BCUT2D eigenvalue weighted by molar-refractivity contribution is 5.95. The Morgan fingerprint density at radius 2 is 1.95 bits per heavy atom. The second-order valence-corrected chi connectivity index (χ2v) is 5.28. The van der Waals surface area contributed by atoms with Crippen LogP contribution in [-0.2, 0) is 9.53 Å². The van der Waals surface area contributed by atoms with E-state index >= 15 is 0 Å². The maximum atomic E-state index is 11.6. The van der Waals surface area contributed by atoms with Gasteiger partial charge in [-0.05, 0) is 45.4 Å². The van der Waals surface area contributed by atoms with Gasteiger partial charge in [0, 0.05) is 5.69 Å². The summed E-state index contributed by atoms with van der Waals surface area (Å²) in [6.45, 7) is 7.20. The van der Waals surface area contributed by atoms with Crippen molar-refractivity contribution in [1.29, 1.82) is 0 Å². The van der Waals surface area contributed by atoms with E-state index in [1.807, 2.05) is 20.8 Å². The van der Waals surface area contributed by atoms with Gasteiger partial charge in [-0.1, -0.05) is 6.07 Å². The van der Waals surface area contributed by atoms with E-state index in [4.69, 9.17) is 9.84 Å². The number of carboxylic acid groups (broad SMARTS) is 1. The van der Waals surface area contributed by atoms with Crippen molar-refractivity contribution in [3.8, 4) is 0 Å². The number of rotatable bonds is 4. The molecule has 1 aromatic carbocycles. The van der Waals surface area contributed by atoms with Crippen LogP contribution in [0.25, 0.3) is 0 Å². The molecule has 0 bridgehead atoms. The van der Waals surface area contributed by atoms with Gasteiger partial charge >= 0.3 is 5.97 Å². The Kier molecular flexibility index (Phi) is 4.67. The zero-order valence-electron chi connectivity index (χ0n) is 11.6. The van der Waals surface area contributed by atoms with Crippen molar-refractivity contribution in [3.63, 3.8) is 0 Å². The maximum Gasteiger partial charge on any atom is 0.336 e. The van der Waals surface area contributed by atoms with Crippen molar-refractivity contribution in [2.45, 2.75) is 33.3 Å². The Bertz CT molecular complexity index is 489. The molecule has 0 aromatic heterocycles. The number of hydrogen-bond acceptors (Lipinski definition) is 3. The van der Waals surface area contributed by atoms with Gasteiger partial charge in [-0.25, -0.2) is 4.79 Å². The maximum absolute atomic E-state index is 11.6. The average Bonchev–Trinajstić information content (AvgIpc) is 2.28. The van der Waals surface area contributed by atoms with Crippen LogP contribution in [0.4, 0.5) is 5.69 Å². The Morgan fingerprint density at radius 3 is 2.47 bits per heavy atom. The molecule has 0 spiro atoms. The van der Waals surface area contributed by atoms with Crippen LogP contribution in [0.2, 0.25) is 0 Å². The number of carbonyl (C=O) groups excluding carboxylic acids is 1. The van der Waals surface area contributed by atoms with E-state index < -0.39 is 11.6 Å². The lowest BCUT2D eigenvalue weighted by atomic mass is 10.1. The summed E-state index contributed by atoms with van der Waals surface area (Å²) in [4.78, 5) is 22.6. The lowest BCUT2D eigenvalue weighted by Gasteiger charge is -2.19. The second kappa shape index (κ2) is 5.84. The number of anilines is 1. The number of amides is 1. The highest BCUT2D eigenvalue weighted by atomic mass is 16.5. The van der Waals surface area contributed by atoms with E-state index in [0.717, 1.165) is 0 Å². The molecular weight excluding hydrogens is 246 g/mol. The third-order valence-corrected chi connectivity index (χ3v) is 2.39. The summed E-state index contributed by atoms with van der Waals surface area (Å²) in [6.07, 6.45) is 0. The van der Waals surface area contributed by atoms with Gasteiger partial charge in [-0.2, -0.15) is 0 Å².